The van der Waals surface area contributed by atoms with Crippen molar-refractivity contribution in [1.82, 2.24) is 15.5 Å². The fourth-order valence-electron chi connectivity index (χ4n) is 4.07. The molecule has 1 aromatic carbocycles. The van der Waals surface area contributed by atoms with Crippen LogP contribution >= 0.6 is 0 Å². The Morgan fingerprint density at radius 3 is 2.84 bits per heavy atom. The van der Waals surface area contributed by atoms with E-state index >= 15 is 0 Å². The van der Waals surface area contributed by atoms with Gasteiger partial charge in [0.2, 0.25) is 0 Å². The van der Waals surface area contributed by atoms with E-state index in [2.05, 4.69) is 22.5 Å². The molecule has 8 nitrogen and oxygen atoms in total. The molecule has 4 rings (SSSR count). The highest BCUT2D eigenvalue weighted by atomic mass is 16.5. The Labute approximate surface area is 189 Å². The largest absolute Gasteiger partial charge is 0.467 e. The average Bonchev–Trinajstić information content (AvgIpc) is 3.55. The molecule has 2 aliphatic heterocycles. The number of carbonyl (C=O) groups excluding carboxylic acids is 1. The van der Waals surface area contributed by atoms with Crippen LogP contribution in [0.3, 0.4) is 0 Å². The molecular formula is C24H32N4O4. The number of nitrogens with zero attached hydrogens (tertiary/aromatic N) is 2. The van der Waals surface area contributed by atoms with E-state index in [-0.39, 0.29) is 18.1 Å². The molecule has 0 saturated carbocycles. The Morgan fingerprint density at radius 1 is 1.16 bits per heavy atom. The first kappa shape index (κ1) is 22.4. The highest BCUT2D eigenvalue weighted by Crippen LogP contribution is 2.21. The second-order valence-electron chi connectivity index (χ2n) is 8.04. The first-order chi connectivity index (χ1) is 15.7. The SMILES string of the molecule is CCNC(=NCc1cccc(C(=O)NCc2ccco2)c1)N1CCOC(C2CCCO2)C1. The summed E-state index contributed by atoms with van der Waals surface area (Å²) in [5, 5.41) is 6.28. The molecule has 172 valence electrons. The molecule has 0 spiro atoms. The van der Waals surface area contributed by atoms with Crippen molar-refractivity contribution < 1.29 is 18.7 Å². The third-order valence-electron chi connectivity index (χ3n) is 5.71. The minimum atomic E-state index is -0.133. The first-order valence-corrected chi connectivity index (χ1v) is 11.4. The molecule has 2 aromatic rings. The predicted molar refractivity (Wildman–Crippen MR) is 121 cm³/mol. The average molecular weight is 441 g/mol. The fourth-order valence-corrected chi connectivity index (χ4v) is 4.07. The van der Waals surface area contributed by atoms with Gasteiger partial charge in [-0.3, -0.25) is 4.79 Å². The Morgan fingerprint density at radius 2 is 2.06 bits per heavy atom. The number of nitrogens with one attached hydrogen (secondary N) is 2. The number of morpholine rings is 1. The standard InChI is InChI=1S/C24H32N4O4/c1-2-25-24(28-10-13-32-22(17-28)21-9-5-12-31-21)27-15-18-6-3-7-19(14-18)23(29)26-16-20-8-4-11-30-20/h3-4,6-8,11,14,21-22H,2,5,9-10,12-13,15-17H2,1H3,(H,25,27)(H,26,29). The van der Waals surface area contributed by atoms with Crippen molar-refractivity contribution in [2.24, 2.45) is 4.99 Å². The molecule has 3 heterocycles. The van der Waals surface area contributed by atoms with Crippen molar-refractivity contribution in [1.29, 1.82) is 0 Å². The van der Waals surface area contributed by atoms with Gasteiger partial charge < -0.3 is 29.4 Å². The Hall–Kier alpha value is -2.84. The number of carbonyl (C=O) groups is 1. The van der Waals surface area contributed by atoms with Crippen LogP contribution in [0.1, 0.15) is 41.4 Å². The molecule has 2 saturated heterocycles. The summed E-state index contributed by atoms with van der Waals surface area (Å²) in [7, 11) is 0. The van der Waals surface area contributed by atoms with Crippen LogP contribution < -0.4 is 10.6 Å². The van der Waals surface area contributed by atoms with Crippen molar-refractivity contribution in [3.05, 3.63) is 59.5 Å². The third kappa shape index (κ3) is 5.89. The number of hydrogen-bond acceptors (Lipinski definition) is 5. The van der Waals surface area contributed by atoms with Crippen LogP contribution in [0.25, 0.3) is 0 Å². The van der Waals surface area contributed by atoms with Crippen LogP contribution in [0.15, 0.2) is 52.1 Å². The van der Waals surface area contributed by atoms with E-state index in [0.717, 1.165) is 56.4 Å². The normalized spacial score (nSPS) is 21.5. The van der Waals surface area contributed by atoms with E-state index in [4.69, 9.17) is 18.9 Å². The van der Waals surface area contributed by atoms with Crippen LogP contribution in [0.5, 0.6) is 0 Å². The van der Waals surface area contributed by atoms with Crippen molar-refractivity contribution in [2.45, 2.75) is 45.1 Å². The van der Waals surface area contributed by atoms with Gasteiger partial charge in [-0.05, 0) is 49.6 Å². The van der Waals surface area contributed by atoms with Gasteiger partial charge in [-0.15, -0.1) is 0 Å². The number of aliphatic imine (C=N–C) groups is 1. The maximum atomic E-state index is 12.5. The summed E-state index contributed by atoms with van der Waals surface area (Å²) in [5.74, 6) is 1.46. The summed E-state index contributed by atoms with van der Waals surface area (Å²) in [6.45, 7) is 6.76. The smallest absolute Gasteiger partial charge is 0.251 e. The van der Waals surface area contributed by atoms with Crippen LogP contribution in [-0.4, -0.2) is 61.8 Å². The lowest BCUT2D eigenvalue weighted by Crippen LogP contribution is -2.53. The zero-order valence-electron chi connectivity index (χ0n) is 18.6. The lowest BCUT2D eigenvalue weighted by molar-refractivity contribution is -0.0817. The molecule has 1 amide bonds. The van der Waals surface area contributed by atoms with E-state index in [0.29, 0.717) is 25.3 Å². The van der Waals surface area contributed by atoms with Gasteiger partial charge in [0.25, 0.3) is 5.91 Å². The minimum Gasteiger partial charge on any atom is -0.467 e. The molecular weight excluding hydrogens is 408 g/mol. The van der Waals surface area contributed by atoms with Gasteiger partial charge in [0, 0.05) is 31.8 Å². The molecule has 0 aliphatic carbocycles. The summed E-state index contributed by atoms with van der Waals surface area (Å²) in [6.07, 6.45) is 4.01. The van der Waals surface area contributed by atoms with Gasteiger partial charge in [-0.1, -0.05) is 12.1 Å². The quantitative estimate of drug-likeness (QED) is 0.508. The molecule has 0 radical (unpaired) electrons. The molecule has 2 atom stereocenters. The molecule has 0 bridgehead atoms. The maximum Gasteiger partial charge on any atom is 0.251 e. The molecule has 2 fully saturated rings. The van der Waals surface area contributed by atoms with E-state index in [1.54, 1.807) is 12.3 Å². The number of amides is 1. The Bertz CT molecular complexity index is 893. The molecule has 1 aromatic heterocycles. The minimum absolute atomic E-state index is 0.0799. The van der Waals surface area contributed by atoms with Crippen LogP contribution in [0.2, 0.25) is 0 Å². The summed E-state index contributed by atoms with van der Waals surface area (Å²) < 4.78 is 17.1. The van der Waals surface area contributed by atoms with Gasteiger partial charge in [-0.2, -0.15) is 0 Å². The number of rotatable bonds is 7. The van der Waals surface area contributed by atoms with Gasteiger partial charge in [0.1, 0.15) is 11.9 Å². The van der Waals surface area contributed by atoms with Crippen molar-refractivity contribution >= 4 is 11.9 Å². The van der Waals surface area contributed by atoms with Crippen LogP contribution in [0, 0.1) is 0 Å². The first-order valence-electron chi connectivity index (χ1n) is 11.4. The summed E-state index contributed by atoms with van der Waals surface area (Å²) in [6, 6.07) is 11.2. The highest BCUT2D eigenvalue weighted by Gasteiger charge is 2.32. The predicted octanol–water partition coefficient (Wildman–Crippen LogP) is 2.55. The second kappa shape index (κ2) is 11.2. The number of hydrogen-bond donors (Lipinski definition) is 2. The van der Waals surface area contributed by atoms with Gasteiger partial charge >= 0.3 is 0 Å². The van der Waals surface area contributed by atoms with Crippen LogP contribution in [0.4, 0.5) is 0 Å². The van der Waals surface area contributed by atoms with E-state index in [9.17, 15) is 4.79 Å². The lowest BCUT2D eigenvalue weighted by atomic mass is 10.1. The van der Waals surface area contributed by atoms with E-state index in [1.165, 1.54) is 0 Å². The lowest BCUT2D eigenvalue weighted by Gasteiger charge is -2.37. The van der Waals surface area contributed by atoms with Crippen molar-refractivity contribution in [3.8, 4) is 0 Å². The molecule has 2 N–H and O–H groups in total. The highest BCUT2D eigenvalue weighted by molar-refractivity contribution is 5.94. The Kier molecular flexibility index (Phi) is 7.79. The molecule has 2 aliphatic rings. The van der Waals surface area contributed by atoms with Crippen LogP contribution in [-0.2, 0) is 22.6 Å². The van der Waals surface area contributed by atoms with Crippen molar-refractivity contribution in [3.63, 3.8) is 0 Å². The maximum absolute atomic E-state index is 12.5. The van der Waals surface area contributed by atoms with E-state index < -0.39 is 0 Å². The van der Waals surface area contributed by atoms with Gasteiger partial charge in [0.15, 0.2) is 5.96 Å². The summed E-state index contributed by atoms with van der Waals surface area (Å²) >= 11 is 0. The number of ether oxygens (including phenoxy) is 2. The topological polar surface area (TPSA) is 88.3 Å². The molecule has 8 heteroatoms. The molecule has 2 unspecified atom stereocenters. The zero-order valence-corrected chi connectivity index (χ0v) is 18.6. The monoisotopic (exact) mass is 440 g/mol. The summed E-state index contributed by atoms with van der Waals surface area (Å²) in [4.78, 5) is 19.6. The fraction of sp³-hybridized carbons (Fsp3) is 0.500. The Balaban J connectivity index is 1.38. The number of furan rings is 1. The molecule has 32 heavy (non-hydrogen) atoms. The van der Waals surface area contributed by atoms with Gasteiger partial charge in [-0.25, -0.2) is 4.99 Å². The number of guanidine groups is 1. The van der Waals surface area contributed by atoms with E-state index in [1.807, 2.05) is 30.3 Å². The number of benzene rings is 1. The third-order valence-corrected chi connectivity index (χ3v) is 5.71. The van der Waals surface area contributed by atoms with Crippen molar-refractivity contribution in [2.75, 3.05) is 32.8 Å². The zero-order chi connectivity index (χ0) is 22.2. The second-order valence-corrected chi connectivity index (χ2v) is 8.04. The van der Waals surface area contributed by atoms with Gasteiger partial charge in [0.05, 0.1) is 32.1 Å². The summed E-state index contributed by atoms with van der Waals surface area (Å²) in [5.41, 5.74) is 1.59.